The number of nitrogens with zero attached hydrogens (tertiary/aromatic N) is 5. The quantitative estimate of drug-likeness (QED) is 0.225. The van der Waals surface area contributed by atoms with Crippen molar-refractivity contribution in [3.63, 3.8) is 0 Å². The van der Waals surface area contributed by atoms with Crippen LogP contribution in [0.1, 0.15) is 57.1 Å². The molecule has 3 aromatic heterocycles. The predicted octanol–water partition coefficient (Wildman–Crippen LogP) is 5.88. The monoisotopic (exact) mass is 575 g/mol. The number of halogens is 2. The number of hydrogen-bond acceptors (Lipinski definition) is 8. The smallest absolute Gasteiger partial charge is 0.229 e. The third-order valence-corrected chi connectivity index (χ3v) is 7.59. The van der Waals surface area contributed by atoms with Crippen molar-refractivity contribution in [2.75, 3.05) is 11.9 Å². The predicted molar refractivity (Wildman–Crippen MR) is 155 cm³/mol. The highest BCUT2D eigenvalue weighted by molar-refractivity contribution is 5.66. The van der Waals surface area contributed by atoms with Crippen LogP contribution < -0.4 is 11.1 Å². The Hall–Kier alpha value is -3.98. The normalized spacial score (nSPS) is 20.6. The van der Waals surface area contributed by atoms with Crippen molar-refractivity contribution in [3.8, 4) is 17.3 Å². The molecule has 3 heterocycles. The van der Waals surface area contributed by atoms with Crippen LogP contribution in [0.2, 0.25) is 0 Å². The molecule has 4 aromatic rings. The maximum Gasteiger partial charge on any atom is 0.229 e. The molecule has 0 spiro atoms. The maximum atomic E-state index is 15.1. The van der Waals surface area contributed by atoms with E-state index in [0.29, 0.717) is 36.5 Å². The molecule has 5 rings (SSSR count). The number of nitriles is 1. The summed E-state index contributed by atoms with van der Waals surface area (Å²) < 4.78 is 43.2. The van der Waals surface area contributed by atoms with E-state index in [0.717, 1.165) is 17.7 Å². The topological polar surface area (TPSA) is 123 Å². The number of aromatic nitrogens is 4. The number of ether oxygens (including phenoxy) is 2. The highest BCUT2D eigenvalue weighted by Gasteiger charge is 2.35. The fourth-order valence-corrected chi connectivity index (χ4v) is 5.65. The molecule has 1 aliphatic rings. The summed E-state index contributed by atoms with van der Waals surface area (Å²) in [6.45, 7) is 6.33. The summed E-state index contributed by atoms with van der Waals surface area (Å²) in [5, 5.41) is 16.7. The minimum Gasteiger partial charge on any atom is -0.375 e. The molecule has 11 heteroatoms. The summed E-state index contributed by atoms with van der Waals surface area (Å²) in [5.41, 5.74) is 9.30. The molecule has 4 atom stereocenters. The van der Waals surface area contributed by atoms with Crippen molar-refractivity contribution in [3.05, 3.63) is 71.7 Å². The van der Waals surface area contributed by atoms with Gasteiger partial charge in [0.15, 0.2) is 0 Å². The van der Waals surface area contributed by atoms with Crippen LogP contribution in [-0.4, -0.2) is 44.4 Å². The number of benzene rings is 1. The van der Waals surface area contributed by atoms with E-state index in [4.69, 9.17) is 20.5 Å². The number of anilines is 2. The van der Waals surface area contributed by atoms with Gasteiger partial charge in [0.1, 0.15) is 11.6 Å². The zero-order valence-corrected chi connectivity index (χ0v) is 23.9. The Bertz CT molecular complexity index is 1550. The number of nitrogens with two attached hydrogens (primary N) is 1. The van der Waals surface area contributed by atoms with Gasteiger partial charge < -0.3 is 20.5 Å². The molecule has 0 aliphatic heterocycles. The lowest BCUT2D eigenvalue weighted by Gasteiger charge is -2.39. The van der Waals surface area contributed by atoms with Crippen LogP contribution in [0.3, 0.4) is 0 Å². The van der Waals surface area contributed by atoms with E-state index in [1.807, 2.05) is 19.9 Å². The molecular weight excluding hydrogens is 540 g/mol. The van der Waals surface area contributed by atoms with E-state index in [1.54, 1.807) is 30.7 Å². The van der Waals surface area contributed by atoms with E-state index in [9.17, 15) is 0 Å². The largest absolute Gasteiger partial charge is 0.375 e. The van der Waals surface area contributed by atoms with Gasteiger partial charge in [0, 0.05) is 12.2 Å². The first kappa shape index (κ1) is 29.5. The first-order chi connectivity index (χ1) is 20.2. The zero-order chi connectivity index (χ0) is 29.8. The molecule has 1 aromatic carbocycles. The Morgan fingerprint density at radius 3 is 2.67 bits per heavy atom. The molecule has 0 amide bonds. The Kier molecular flexibility index (Phi) is 9.06. The SMILES string of the molecule is CC(C)OCc1cc(F)c(-c2ccc3cnc(Nc4cnccc4C4CC(C)C(OCCC#N)C(N)C4)n3n2)c(F)c1. The summed E-state index contributed by atoms with van der Waals surface area (Å²) in [5.74, 6) is -0.706. The van der Waals surface area contributed by atoms with Gasteiger partial charge in [0.05, 0.1) is 72.8 Å². The number of nitrogens with one attached hydrogen (secondary N) is 1. The second-order valence-electron chi connectivity index (χ2n) is 11.1. The Labute approximate surface area is 243 Å². The summed E-state index contributed by atoms with van der Waals surface area (Å²) >= 11 is 0. The molecule has 9 nitrogen and oxygen atoms in total. The third-order valence-electron chi connectivity index (χ3n) is 7.59. The van der Waals surface area contributed by atoms with Crippen LogP contribution in [-0.2, 0) is 16.1 Å². The van der Waals surface area contributed by atoms with Gasteiger partial charge in [0.25, 0.3) is 0 Å². The summed E-state index contributed by atoms with van der Waals surface area (Å²) in [4.78, 5) is 8.79. The molecule has 4 unspecified atom stereocenters. The van der Waals surface area contributed by atoms with Gasteiger partial charge in [-0.25, -0.2) is 13.8 Å². The van der Waals surface area contributed by atoms with E-state index < -0.39 is 11.6 Å². The molecule has 3 N–H and O–H groups in total. The zero-order valence-electron chi connectivity index (χ0n) is 23.9. The molecule has 1 saturated carbocycles. The third kappa shape index (κ3) is 6.41. The number of fused-ring (bicyclic) bond motifs is 1. The van der Waals surface area contributed by atoms with Gasteiger partial charge in [-0.2, -0.15) is 14.9 Å². The van der Waals surface area contributed by atoms with Crippen LogP contribution in [0.5, 0.6) is 0 Å². The van der Waals surface area contributed by atoms with Crippen molar-refractivity contribution in [2.24, 2.45) is 11.7 Å². The number of rotatable bonds is 10. The van der Waals surface area contributed by atoms with E-state index in [1.165, 1.54) is 16.6 Å². The first-order valence-corrected chi connectivity index (χ1v) is 14.1. The maximum absolute atomic E-state index is 15.1. The Morgan fingerprint density at radius 1 is 1.17 bits per heavy atom. The van der Waals surface area contributed by atoms with Crippen molar-refractivity contribution in [1.29, 1.82) is 5.26 Å². The van der Waals surface area contributed by atoms with Crippen LogP contribution in [0, 0.1) is 28.9 Å². The van der Waals surface area contributed by atoms with Crippen molar-refractivity contribution in [1.82, 2.24) is 19.6 Å². The minimum atomic E-state index is -0.717. The van der Waals surface area contributed by atoms with Gasteiger partial charge in [-0.15, -0.1) is 0 Å². The number of pyridine rings is 1. The van der Waals surface area contributed by atoms with E-state index >= 15 is 8.78 Å². The van der Waals surface area contributed by atoms with Crippen LogP contribution in [0.15, 0.2) is 48.9 Å². The molecule has 1 fully saturated rings. The van der Waals surface area contributed by atoms with Crippen molar-refractivity contribution in [2.45, 2.75) is 70.8 Å². The lowest BCUT2D eigenvalue weighted by Crippen LogP contribution is -2.46. The average molecular weight is 576 g/mol. The van der Waals surface area contributed by atoms with Gasteiger partial charge in [-0.3, -0.25) is 4.98 Å². The molecule has 42 heavy (non-hydrogen) atoms. The highest BCUT2D eigenvalue weighted by atomic mass is 19.1. The number of imidazole rings is 1. The van der Waals surface area contributed by atoms with Crippen molar-refractivity contribution >= 4 is 17.2 Å². The standard InChI is InChI=1S/C31H35F2N7O2/c1-18(2)42-17-20-12-24(32)29(25(33)13-20)27-6-5-22-15-37-31(40(22)39-27)38-28-16-36-9-7-23(28)21-11-19(3)30(26(35)14-21)41-10-4-8-34/h5-7,9,12-13,15-16,18-19,21,26,30H,4,10-11,14,17,35H2,1-3H3,(H,37,38). The average Bonchev–Trinajstić information content (AvgIpc) is 3.35. The fraction of sp³-hybridized carbons (Fsp3) is 0.419. The van der Waals surface area contributed by atoms with E-state index in [-0.39, 0.29) is 47.9 Å². The van der Waals surface area contributed by atoms with Gasteiger partial charge in [0.2, 0.25) is 5.95 Å². The summed E-state index contributed by atoms with van der Waals surface area (Å²) in [6, 6.07) is 9.73. The highest BCUT2D eigenvalue weighted by Crippen LogP contribution is 2.40. The van der Waals surface area contributed by atoms with Crippen LogP contribution >= 0.6 is 0 Å². The van der Waals surface area contributed by atoms with Crippen molar-refractivity contribution < 1.29 is 18.3 Å². The molecular formula is C31H35F2N7O2. The lowest BCUT2D eigenvalue weighted by atomic mass is 9.74. The first-order valence-electron chi connectivity index (χ1n) is 14.1. The second-order valence-corrected chi connectivity index (χ2v) is 11.1. The molecule has 220 valence electrons. The van der Waals surface area contributed by atoms with E-state index in [2.05, 4.69) is 33.4 Å². The molecule has 0 bridgehead atoms. The Morgan fingerprint density at radius 2 is 1.95 bits per heavy atom. The lowest BCUT2D eigenvalue weighted by molar-refractivity contribution is -0.0198. The fourth-order valence-electron chi connectivity index (χ4n) is 5.65. The molecule has 0 radical (unpaired) electrons. The Balaban J connectivity index is 1.40. The van der Waals surface area contributed by atoms with Gasteiger partial charge >= 0.3 is 0 Å². The number of hydrogen-bond donors (Lipinski definition) is 2. The molecule has 1 aliphatic carbocycles. The second kappa shape index (κ2) is 12.9. The molecule has 0 saturated heterocycles. The summed E-state index contributed by atoms with van der Waals surface area (Å²) in [7, 11) is 0. The van der Waals surface area contributed by atoms with Gasteiger partial charge in [-0.05, 0) is 80.0 Å². The van der Waals surface area contributed by atoms with Gasteiger partial charge in [-0.1, -0.05) is 6.92 Å². The minimum absolute atomic E-state index is 0.0586. The van der Waals surface area contributed by atoms with Crippen LogP contribution in [0.25, 0.3) is 16.8 Å². The summed E-state index contributed by atoms with van der Waals surface area (Å²) in [6.07, 6.45) is 6.84. The van der Waals surface area contributed by atoms with Crippen LogP contribution in [0.4, 0.5) is 20.4 Å².